The number of thiazole rings is 1. The van der Waals surface area contributed by atoms with Crippen LogP contribution in [0.1, 0.15) is 36.4 Å². The van der Waals surface area contributed by atoms with E-state index in [0.717, 1.165) is 19.4 Å². The molecule has 0 aromatic carbocycles. The van der Waals surface area contributed by atoms with Crippen LogP contribution in [0.15, 0.2) is 0 Å². The van der Waals surface area contributed by atoms with E-state index in [1.165, 1.54) is 0 Å². The number of anilines is 2. The number of nitrogens with one attached hydrogen (secondary N) is 2. The molecule has 2 rings (SSSR count). The number of hydrogen-bond donors (Lipinski definition) is 3. The average Bonchev–Trinajstić information content (AvgIpc) is 2.81. The molecule has 1 fully saturated rings. The van der Waals surface area contributed by atoms with Crippen molar-refractivity contribution in [2.75, 3.05) is 24.1 Å². The number of hydrogen-bond acceptors (Lipinski definition) is 6. The highest BCUT2D eigenvalue weighted by Crippen LogP contribution is 2.32. The smallest absolute Gasteiger partial charge is 0.382 e. The summed E-state index contributed by atoms with van der Waals surface area (Å²) in [7, 11) is 0. The number of Topliss-reactive ketones (excluding diaryl/α,β-unsaturated/α-hetero) is 1. The normalized spacial score (nSPS) is 18.6. The number of ketones is 1. The number of nitrogen functional groups attached to an aromatic ring is 1. The van der Waals surface area contributed by atoms with Crippen molar-refractivity contribution in [1.29, 1.82) is 0 Å². The molecule has 120 valence electrons. The molecule has 0 aliphatic carbocycles. The van der Waals surface area contributed by atoms with Gasteiger partial charge in [0.15, 0.2) is 5.13 Å². The van der Waals surface area contributed by atoms with Crippen LogP contribution in [0.5, 0.6) is 0 Å². The molecule has 1 atom stereocenters. The summed E-state index contributed by atoms with van der Waals surface area (Å²) < 4.78 is 37.0. The fourth-order valence-corrected chi connectivity index (χ4v) is 2.76. The molecular weight excluding hydrogens is 305 g/mol. The first-order chi connectivity index (χ1) is 9.88. The lowest BCUT2D eigenvalue weighted by molar-refractivity contribution is -0.0882. The summed E-state index contributed by atoms with van der Waals surface area (Å²) in [5.74, 6) is -2.32. The molecule has 1 aliphatic rings. The van der Waals surface area contributed by atoms with Crippen molar-refractivity contribution < 1.29 is 18.0 Å². The number of carbonyl (C=O) groups is 1. The molecular formula is C12H19F3N4OS. The third-order valence-corrected chi connectivity index (χ3v) is 3.74. The largest absolute Gasteiger partial charge is 0.455 e. The summed E-state index contributed by atoms with van der Waals surface area (Å²) in [5.41, 5.74) is 5.37. The molecule has 0 spiro atoms. The molecule has 2 heterocycles. The highest BCUT2D eigenvalue weighted by atomic mass is 32.1. The van der Waals surface area contributed by atoms with E-state index in [1.807, 2.05) is 13.8 Å². The topological polar surface area (TPSA) is 80.0 Å². The summed E-state index contributed by atoms with van der Waals surface area (Å²) in [5, 5.41) is 6.40. The molecule has 0 amide bonds. The Hall–Kier alpha value is -1.35. The van der Waals surface area contributed by atoms with Crippen LogP contribution in [0.25, 0.3) is 0 Å². The predicted octanol–water partition coefficient (Wildman–Crippen LogP) is 2.66. The van der Waals surface area contributed by atoms with Gasteiger partial charge < -0.3 is 16.4 Å². The summed E-state index contributed by atoms with van der Waals surface area (Å²) >= 11 is 0.644. The molecule has 4 N–H and O–H groups in total. The van der Waals surface area contributed by atoms with Gasteiger partial charge in [0.05, 0.1) is 0 Å². The number of rotatable bonds is 3. The van der Waals surface area contributed by atoms with Gasteiger partial charge >= 0.3 is 6.18 Å². The molecule has 0 radical (unpaired) electrons. The Morgan fingerprint density at radius 1 is 1.48 bits per heavy atom. The molecule has 9 heteroatoms. The summed E-state index contributed by atoms with van der Waals surface area (Å²) in [6.07, 6.45) is -3.05. The Morgan fingerprint density at radius 3 is 2.67 bits per heavy atom. The van der Waals surface area contributed by atoms with Crippen LogP contribution in [-0.2, 0) is 0 Å². The quantitative estimate of drug-likeness (QED) is 0.745. The minimum absolute atomic E-state index is 0.0909. The van der Waals surface area contributed by atoms with Crippen LogP contribution in [-0.4, -0.2) is 36.1 Å². The molecule has 1 saturated heterocycles. The van der Waals surface area contributed by atoms with Crippen LogP contribution < -0.4 is 16.4 Å². The van der Waals surface area contributed by atoms with Crippen molar-refractivity contribution in [3.63, 3.8) is 0 Å². The van der Waals surface area contributed by atoms with Gasteiger partial charge in [0, 0.05) is 12.6 Å². The highest BCUT2D eigenvalue weighted by molar-refractivity contribution is 7.18. The fourth-order valence-electron chi connectivity index (χ4n) is 1.83. The summed E-state index contributed by atoms with van der Waals surface area (Å²) in [6, 6.07) is 0.0909. The molecule has 1 aliphatic heterocycles. The predicted molar refractivity (Wildman–Crippen MR) is 77.8 cm³/mol. The standard InChI is InChI=1S/C10H13F3N4OS.C2H6/c11-10(12,13)7(18)6-8(14)17-9(19-6)16-5-2-1-3-15-4-5;1-2/h5,15H,1-4,14H2,(H,16,17);1-2H3. The Balaban J connectivity index is 0.00000106. The fraction of sp³-hybridized carbons (Fsp3) is 0.667. The second-order valence-electron chi connectivity index (χ2n) is 4.25. The van der Waals surface area contributed by atoms with Crippen molar-refractivity contribution in [1.82, 2.24) is 10.3 Å². The van der Waals surface area contributed by atoms with E-state index in [1.54, 1.807) is 0 Å². The van der Waals surface area contributed by atoms with Gasteiger partial charge in [0.2, 0.25) is 0 Å². The molecule has 0 saturated carbocycles. The average molecular weight is 324 g/mol. The van der Waals surface area contributed by atoms with E-state index in [9.17, 15) is 18.0 Å². The van der Waals surface area contributed by atoms with Crippen molar-refractivity contribution in [3.05, 3.63) is 4.88 Å². The van der Waals surface area contributed by atoms with E-state index in [-0.39, 0.29) is 17.0 Å². The number of piperidine rings is 1. The minimum Gasteiger partial charge on any atom is -0.382 e. The van der Waals surface area contributed by atoms with Gasteiger partial charge in [0.25, 0.3) is 5.78 Å². The Kier molecular flexibility index (Phi) is 6.41. The monoisotopic (exact) mass is 324 g/mol. The molecule has 5 nitrogen and oxygen atoms in total. The van der Waals surface area contributed by atoms with Crippen LogP contribution in [0.2, 0.25) is 0 Å². The van der Waals surface area contributed by atoms with Gasteiger partial charge in [-0.1, -0.05) is 25.2 Å². The lowest BCUT2D eigenvalue weighted by Crippen LogP contribution is -2.38. The van der Waals surface area contributed by atoms with Gasteiger partial charge in [0.1, 0.15) is 10.7 Å². The summed E-state index contributed by atoms with van der Waals surface area (Å²) in [6.45, 7) is 5.64. The zero-order valence-electron chi connectivity index (χ0n) is 11.9. The molecule has 0 bridgehead atoms. The van der Waals surface area contributed by atoms with E-state index in [2.05, 4.69) is 15.6 Å². The van der Waals surface area contributed by atoms with E-state index >= 15 is 0 Å². The Labute approximate surface area is 125 Å². The van der Waals surface area contributed by atoms with Crippen LogP contribution in [0.4, 0.5) is 24.1 Å². The van der Waals surface area contributed by atoms with Crippen LogP contribution >= 0.6 is 11.3 Å². The van der Waals surface area contributed by atoms with Crippen LogP contribution in [0, 0.1) is 0 Å². The maximum Gasteiger partial charge on any atom is 0.455 e. The first-order valence-corrected chi connectivity index (χ1v) is 7.54. The van der Waals surface area contributed by atoms with Crippen LogP contribution in [0.3, 0.4) is 0 Å². The lowest BCUT2D eigenvalue weighted by Gasteiger charge is -2.23. The number of nitrogens with two attached hydrogens (primary N) is 1. The SMILES string of the molecule is CC.Nc1nc(NC2CCCNC2)sc1C(=O)C(F)(F)F. The van der Waals surface area contributed by atoms with Gasteiger partial charge in [-0.25, -0.2) is 4.98 Å². The van der Waals surface area contributed by atoms with E-state index in [0.29, 0.717) is 17.9 Å². The van der Waals surface area contributed by atoms with E-state index in [4.69, 9.17) is 5.73 Å². The Morgan fingerprint density at radius 2 is 2.14 bits per heavy atom. The second kappa shape index (κ2) is 7.60. The second-order valence-corrected chi connectivity index (χ2v) is 5.25. The molecule has 21 heavy (non-hydrogen) atoms. The van der Waals surface area contributed by atoms with Gasteiger partial charge in [-0.15, -0.1) is 0 Å². The molecule has 1 aromatic heterocycles. The third kappa shape index (κ3) is 4.85. The number of halogens is 3. The maximum absolute atomic E-state index is 12.3. The van der Waals surface area contributed by atoms with Crippen molar-refractivity contribution in [2.24, 2.45) is 0 Å². The van der Waals surface area contributed by atoms with Gasteiger partial charge in [-0.05, 0) is 19.4 Å². The molecule has 1 unspecified atom stereocenters. The molecule has 1 aromatic rings. The third-order valence-electron chi connectivity index (χ3n) is 2.74. The van der Waals surface area contributed by atoms with Crippen molar-refractivity contribution in [2.45, 2.75) is 38.9 Å². The van der Waals surface area contributed by atoms with Crippen molar-refractivity contribution >= 4 is 28.1 Å². The summed E-state index contributed by atoms with van der Waals surface area (Å²) in [4.78, 5) is 14.3. The van der Waals surface area contributed by atoms with Crippen molar-refractivity contribution in [3.8, 4) is 0 Å². The zero-order valence-corrected chi connectivity index (χ0v) is 12.7. The zero-order chi connectivity index (χ0) is 16.0. The van der Waals surface area contributed by atoms with Gasteiger partial charge in [-0.2, -0.15) is 13.2 Å². The minimum atomic E-state index is -4.93. The highest BCUT2D eigenvalue weighted by Gasteiger charge is 2.42. The lowest BCUT2D eigenvalue weighted by atomic mass is 10.1. The van der Waals surface area contributed by atoms with E-state index < -0.39 is 16.8 Å². The first-order valence-electron chi connectivity index (χ1n) is 6.73. The number of carbonyl (C=O) groups excluding carboxylic acids is 1. The number of aromatic nitrogens is 1. The van der Waals surface area contributed by atoms with Gasteiger partial charge in [-0.3, -0.25) is 4.79 Å². The number of nitrogens with zero attached hydrogens (tertiary/aromatic N) is 1. The maximum atomic E-state index is 12.3. The Bertz CT molecular complexity index is 470. The number of alkyl halides is 3. The first kappa shape index (κ1) is 17.7.